The highest BCUT2D eigenvalue weighted by Crippen LogP contribution is 2.18. The van der Waals surface area contributed by atoms with Gasteiger partial charge in [0.25, 0.3) is 0 Å². The average molecular weight is 176 g/mol. The number of fused-ring (bicyclic) bond motifs is 1. The molecule has 0 saturated carbocycles. The molecule has 0 amide bonds. The maximum Gasteiger partial charge on any atom is 0.177 e. The van der Waals surface area contributed by atoms with E-state index in [1.807, 2.05) is 6.20 Å². The van der Waals surface area contributed by atoms with Crippen molar-refractivity contribution < 1.29 is 0 Å². The fourth-order valence-electron chi connectivity index (χ4n) is 1.32. The SMILES string of the molecule is CCC(C)c1nccn2ncnc12. The van der Waals surface area contributed by atoms with Crippen LogP contribution in [0.5, 0.6) is 0 Å². The lowest BCUT2D eigenvalue weighted by Gasteiger charge is -2.07. The second-order valence-corrected chi connectivity index (χ2v) is 3.15. The van der Waals surface area contributed by atoms with Gasteiger partial charge in [-0.1, -0.05) is 13.8 Å². The van der Waals surface area contributed by atoms with Crippen molar-refractivity contribution in [3.05, 3.63) is 24.4 Å². The number of aromatic nitrogens is 4. The molecule has 0 saturated heterocycles. The molecule has 0 aliphatic carbocycles. The molecule has 2 rings (SSSR count). The molecular weight excluding hydrogens is 164 g/mol. The zero-order valence-corrected chi connectivity index (χ0v) is 7.81. The standard InChI is InChI=1S/C9H12N4/c1-3-7(2)8-9-11-6-12-13(9)5-4-10-8/h4-7H,3H2,1-2H3. The van der Waals surface area contributed by atoms with E-state index in [9.17, 15) is 0 Å². The third-order valence-electron chi connectivity index (χ3n) is 2.30. The van der Waals surface area contributed by atoms with Crippen molar-refractivity contribution in [2.45, 2.75) is 26.2 Å². The first-order valence-corrected chi connectivity index (χ1v) is 4.47. The van der Waals surface area contributed by atoms with Gasteiger partial charge in [-0.25, -0.2) is 9.50 Å². The maximum atomic E-state index is 4.33. The predicted molar refractivity (Wildman–Crippen MR) is 49.5 cm³/mol. The van der Waals surface area contributed by atoms with Crippen LogP contribution < -0.4 is 0 Å². The van der Waals surface area contributed by atoms with Crippen LogP contribution in [0.25, 0.3) is 5.65 Å². The van der Waals surface area contributed by atoms with Gasteiger partial charge in [-0.2, -0.15) is 5.10 Å². The monoisotopic (exact) mass is 176 g/mol. The molecule has 0 aliphatic rings. The van der Waals surface area contributed by atoms with Crippen LogP contribution in [0.1, 0.15) is 31.9 Å². The molecule has 2 aromatic heterocycles. The van der Waals surface area contributed by atoms with Gasteiger partial charge in [0.1, 0.15) is 6.33 Å². The molecule has 0 aliphatic heterocycles. The fraction of sp³-hybridized carbons (Fsp3) is 0.444. The largest absolute Gasteiger partial charge is 0.255 e. The van der Waals surface area contributed by atoms with Crippen molar-refractivity contribution in [1.82, 2.24) is 19.6 Å². The second kappa shape index (κ2) is 3.12. The summed E-state index contributed by atoms with van der Waals surface area (Å²) in [6, 6.07) is 0. The molecule has 0 radical (unpaired) electrons. The van der Waals surface area contributed by atoms with E-state index in [1.165, 1.54) is 0 Å². The zero-order chi connectivity index (χ0) is 9.26. The van der Waals surface area contributed by atoms with E-state index in [0.29, 0.717) is 5.92 Å². The third kappa shape index (κ3) is 1.28. The van der Waals surface area contributed by atoms with Gasteiger partial charge in [-0.3, -0.25) is 4.98 Å². The van der Waals surface area contributed by atoms with Crippen molar-refractivity contribution in [3.8, 4) is 0 Å². The normalized spacial score (nSPS) is 13.4. The van der Waals surface area contributed by atoms with Crippen LogP contribution in [-0.4, -0.2) is 19.6 Å². The lowest BCUT2D eigenvalue weighted by molar-refractivity contribution is 0.704. The summed E-state index contributed by atoms with van der Waals surface area (Å²) in [5.41, 5.74) is 1.90. The van der Waals surface area contributed by atoms with E-state index in [-0.39, 0.29) is 0 Å². The number of hydrogen-bond donors (Lipinski definition) is 0. The summed E-state index contributed by atoms with van der Waals surface area (Å²) in [5, 5.41) is 4.06. The Kier molecular flexibility index (Phi) is 1.96. The molecule has 13 heavy (non-hydrogen) atoms. The zero-order valence-electron chi connectivity index (χ0n) is 7.81. The van der Waals surface area contributed by atoms with Crippen LogP contribution in [0.4, 0.5) is 0 Å². The van der Waals surface area contributed by atoms with Crippen LogP contribution in [0, 0.1) is 0 Å². The number of hydrogen-bond acceptors (Lipinski definition) is 3. The molecule has 4 nitrogen and oxygen atoms in total. The molecule has 0 bridgehead atoms. The first-order valence-electron chi connectivity index (χ1n) is 4.47. The van der Waals surface area contributed by atoms with Gasteiger partial charge in [0, 0.05) is 18.3 Å². The van der Waals surface area contributed by atoms with E-state index in [4.69, 9.17) is 0 Å². The summed E-state index contributed by atoms with van der Waals surface area (Å²) in [5.74, 6) is 0.438. The Balaban J connectivity index is 2.60. The molecule has 4 heteroatoms. The summed E-state index contributed by atoms with van der Waals surface area (Å²) in [6.45, 7) is 4.29. The molecule has 0 N–H and O–H groups in total. The Morgan fingerprint density at radius 3 is 3.08 bits per heavy atom. The van der Waals surface area contributed by atoms with Crippen LogP contribution in [0.15, 0.2) is 18.7 Å². The van der Waals surface area contributed by atoms with Crippen LogP contribution in [-0.2, 0) is 0 Å². The Hall–Kier alpha value is -1.45. The lowest BCUT2D eigenvalue weighted by Crippen LogP contribution is -2.00. The summed E-state index contributed by atoms with van der Waals surface area (Å²) in [7, 11) is 0. The molecule has 1 unspecified atom stereocenters. The minimum absolute atomic E-state index is 0.438. The third-order valence-corrected chi connectivity index (χ3v) is 2.30. The van der Waals surface area contributed by atoms with Crippen molar-refractivity contribution in [3.63, 3.8) is 0 Å². The van der Waals surface area contributed by atoms with E-state index < -0.39 is 0 Å². The molecular formula is C9H12N4. The lowest BCUT2D eigenvalue weighted by atomic mass is 10.1. The number of nitrogens with zero attached hydrogens (tertiary/aromatic N) is 4. The van der Waals surface area contributed by atoms with Crippen LogP contribution in [0.2, 0.25) is 0 Å². The summed E-state index contributed by atoms with van der Waals surface area (Å²) >= 11 is 0. The average Bonchev–Trinajstić information content (AvgIpc) is 2.63. The molecule has 0 aromatic carbocycles. The van der Waals surface area contributed by atoms with E-state index in [1.54, 1.807) is 17.0 Å². The topological polar surface area (TPSA) is 43.1 Å². The highest BCUT2D eigenvalue weighted by Gasteiger charge is 2.10. The van der Waals surface area contributed by atoms with Gasteiger partial charge in [0.2, 0.25) is 0 Å². The van der Waals surface area contributed by atoms with Crippen molar-refractivity contribution >= 4 is 5.65 Å². The minimum atomic E-state index is 0.438. The van der Waals surface area contributed by atoms with Gasteiger partial charge in [-0.15, -0.1) is 0 Å². The summed E-state index contributed by atoms with van der Waals surface area (Å²) in [4.78, 5) is 8.50. The Morgan fingerprint density at radius 1 is 1.46 bits per heavy atom. The van der Waals surface area contributed by atoms with E-state index in [0.717, 1.165) is 17.8 Å². The Morgan fingerprint density at radius 2 is 2.31 bits per heavy atom. The Bertz CT molecular complexity index is 407. The molecule has 0 fully saturated rings. The second-order valence-electron chi connectivity index (χ2n) is 3.15. The van der Waals surface area contributed by atoms with E-state index >= 15 is 0 Å². The molecule has 0 spiro atoms. The minimum Gasteiger partial charge on any atom is -0.255 e. The maximum absolute atomic E-state index is 4.33. The smallest absolute Gasteiger partial charge is 0.177 e. The van der Waals surface area contributed by atoms with Crippen molar-refractivity contribution in [1.29, 1.82) is 0 Å². The first-order chi connectivity index (χ1) is 6.33. The highest BCUT2D eigenvalue weighted by molar-refractivity contribution is 5.43. The van der Waals surface area contributed by atoms with Crippen LogP contribution in [0.3, 0.4) is 0 Å². The van der Waals surface area contributed by atoms with E-state index in [2.05, 4.69) is 28.9 Å². The molecule has 2 heterocycles. The molecule has 1 atom stereocenters. The van der Waals surface area contributed by atoms with Gasteiger partial charge in [0.05, 0.1) is 5.69 Å². The fourth-order valence-corrected chi connectivity index (χ4v) is 1.32. The van der Waals surface area contributed by atoms with Gasteiger partial charge in [0.15, 0.2) is 5.65 Å². The van der Waals surface area contributed by atoms with Crippen LogP contribution >= 0.6 is 0 Å². The van der Waals surface area contributed by atoms with Gasteiger partial charge < -0.3 is 0 Å². The van der Waals surface area contributed by atoms with Gasteiger partial charge >= 0.3 is 0 Å². The summed E-state index contributed by atoms with van der Waals surface area (Å²) < 4.78 is 1.76. The van der Waals surface area contributed by atoms with Crippen molar-refractivity contribution in [2.75, 3.05) is 0 Å². The Labute approximate surface area is 76.6 Å². The number of rotatable bonds is 2. The quantitative estimate of drug-likeness (QED) is 0.698. The highest BCUT2D eigenvalue weighted by atomic mass is 15.3. The van der Waals surface area contributed by atoms with Crippen molar-refractivity contribution in [2.24, 2.45) is 0 Å². The summed E-state index contributed by atoms with van der Waals surface area (Å²) in [6.07, 6.45) is 6.21. The predicted octanol–water partition coefficient (Wildman–Crippen LogP) is 1.64. The molecule has 2 aromatic rings. The first kappa shape index (κ1) is 8.16. The van der Waals surface area contributed by atoms with Gasteiger partial charge in [-0.05, 0) is 6.42 Å². The molecule has 68 valence electrons.